The summed E-state index contributed by atoms with van der Waals surface area (Å²) < 4.78 is 87.4. The van der Waals surface area contributed by atoms with Crippen LogP contribution in [0, 0.1) is 17.5 Å². The molecule has 0 unspecified atom stereocenters. The van der Waals surface area contributed by atoms with E-state index in [0.717, 1.165) is 31.4 Å². The smallest absolute Gasteiger partial charge is 0.416 e. The van der Waals surface area contributed by atoms with E-state index in [4.69, 9.17) is 27.8 Å². The van der Waals surface area contributed by atoms with E-state index in [2.05, 4.69) is 9.98 Å². The van der Waals surface area contributed by atoms with Crippen LogP contribution in [0.3, 0.4) is 0 Å². The van der Waals surface area contributed by atoms with Gasteiger partial charge in [-0.1, -0.05) is 18.0 Å². The number of alkyl halides is 3. The van der Waals surface area contributed by atoms with Gasteiger partial charge in [-0.25, -0.2) is 18.2 Å². The van der Waals surface area contributed by atoms with Crippen molar-refractivity contribution in [3.8, 4) is 11.5 Å². The summed E-state index contributed by atoms with van der Waals surface area (Å²) >= 11 is 6.02. The molecule has 1 heterocycles. The maximum absolute atomic E-state index is 15.1. The summed E-state index contributed by atoms with van der Waals surface area (Å²) in [6.07, 6.45) is -1.59. The summed E-state index contributed by atoms with van der Waals surface area (Å²) in [7, 11) is 0. The standard InChI is InChI=1S/C21H18ClF6N5O/c22-11-8-12(23)15(33-19(30)31-18(29)32-20(33)4-2-1-3-5-20)9-16(11)34-17-13(24)6-10(7-14(17)25)21(26,27)28/h6-9H,1-5H2,(H4,29,30,31,32). The summed E-state index contributed by atoms with van der Waals surface area (Å²) in [4.78, 5) is 9.63. The Kier molecular flexibility index (Phi) is 6.05. The van der Waals surface area contributed by atoms with Gasteiger partial charge in [0, 0.05) is 6.07 Å². The van der Waals surface area contributed by atoms with Crippen LogP contribution in [-0.4, -0.2) is 17.6 Å². The van der Waals surface area contributed by atoms with Gasteiger partial charge in [-0.3, -0.25) is 4.90 Å². The summed E-state index contributed by atoms with van der Waals surface area (Å²) in [6, 6.07) is 2.03. The summed E-state index contributed by atoms with van der Waals surface area (Å²) in [5.41, 5.74) is 9.09. The quantitative estimate of drug-likeness (QED) is 0.525. The zero-order chi connectivity index (χ0) is 24.8. The summed E-state index contributed by atoms with van der Waals surface area (Å²) in [5, 5.41) is -0.381. The van der Waals surface area contributed by atoms with Crippen LogP contribution >= 0.6 is 11.6 Å². The van der Waals surface area contributed by atoms with Gasteiger partial charge in [-0.05, 0) is 43.9 Å². The zero-order valence-electron chi connectivity index (χ0n) is 17.4. The molecule has 0 bridgehead atoms. The number of hydrogen-bond acceptors (Lipinski definition) is 6. The molecule has 34 heavy (non-hydrogen) atoms. The molecule has 6 nitrogen and oxygen atoms in total. The van der Waals surface area contributed by atoms with E-state index in [1.54, 1.807) is 0 Å². The van der Waals surface area contributed by atoms with Crippen LogP contribution in [0.25, 0.3) is 0 Å². The molecule has 2 aromatic carbocycles. The van der Waals surface area contributed by atoms with E-state index in [0.29, 0.717) is 12.8 Å². The zero-order valence-corrected chi connectivity index (χ0v) is 18.2. The van der Waals surface area contributed by atoms with Crippen LogP contribution in [-0.2, 0) is 6.18 Å². The lowest BCUT2D eigenvalue weighted by Gasteiger charge is -2.45. The van der Waals surface area contributed by atoms with Gasteiger partial charge in [0.2, 0.25) is 11.9 Å². The predicted molar refractivity (Wildman–Crippen MR) is 114 cm³/mol. The Bertz CT molecular complexity index is 1170. The summed E-state index contributed by atoms with van der Waals surface area (Å²) in [6.45, 7) is 0. The molecular formula is C21H18ClF6N5O. The first-order valence-corrected chi connectivity index (χ1v) is 10.5. The first-order chi connectivity index (χ1) is 15.9. The third-order valence-corrected chi connectivity index (χ3v) is 5.93. The molecule has 2 aromatic rings. The van der Waals surface area contributed by atoms with Crippen LogP contribution in [0.4, 0.5) is 32.0 Å². The minimum atomic E-state index is -4.97. The van der Waals surface area contributed by atoms with Crippen molar-refractivity contribution in [2.45, 2.75) is 43.9 Å². The van der Waals surface area contributed by atoms with Crippen LogP contribution in [0.2, 0.25) is 5.02 Å². The van der Waals surface area contributed by atoms with Crippen molar-refractivity contribution < 1.29 is 31.1 Å². The number of benzene rings is 2. The highest BCUT2D eigenvalue weighted by Crippen LogP contribution is 2.44. The van der Waals surface area contributed by atoms with Gasteiger partial charge in [0.05, 0.1) is 16.3 Å². The van der Waals surface area contributed by atoms with Crippen molar-refractivity contribution in [1.29, 1.82) is 0 Å². The molecule has 1 spiro atoms. The molecule has 0 atom stereocenters. The van der Waals surface area contributed by atoms with E-state index in [-0.39, 0.29) is 34.8 Å². The van der Waals surface area contributed by atoms with Gasteiger partial charge < -0.3 is 16.2 Å². The maximum Gasteiger partial charge on any atom is 0.416 e. The second-order valence-electron chi connectivity index (χ2n) is 7.92. The summed E-state index contributed by atoms with van der Waals surface area (Å²) in [5.74, 6) is -5.88. The average Bonchev–Trinajstić information content (AvgIpc) is 2.72. The van der Waals surface area contributed by atoms with Crippen LogP contribution < -0.4 is 21.1 Å². The number of rotatable bonds is 3. The number of halogens is 7. The molecule has 0 aromatic heterocycles. The topological polar surface area (TPSA) is 89.2 Å². The van der Waals surface area contributed by atoms with E-state index >= 15 is 4.39 Å². The Hall–Kier alpha value is -3.15. The van der Waals surface area contributed by atoms with Gasteiger partial charge in [0.25, 0.3) is 0 Å². The molecule has 1 aliphatic heterocycles. The van der Waals surface area contributed by atoms with Crippen LogP contribution in [0.15, 0.2) is 34.3 Å². The van der Waals surface area contributed by atoms with Crippen molar-refractivity contribution in [1.82, 2.24) is 0 Å². The van der Waals surface area contributed by atoms with Crippen LogP contribution in [0.5, 0.6) is 11.5 Å². The molecule has 1 saturated carbocycles. The number of nitrogens with zero attached hydrogens (tertiary/aromatic N) is 3. The second kappa shape index (κ2) is 8.57. The molecule has 182 valence electrons. The first kappa shape index (κ1) is 24.0. The molecular weight excluding hydrogens is 488 g/mol. The molecule has 4 N–H and O–H groups in total. The van der Waals surface area contributed by atoms with E-state index in [1.165, 1.54) is 4.90 Å². The minimum Gasteiger partial charge on any atom is -0.450 e. The number of hydrogen-bond donors (Lipinski definition) is 2. The molecule has 4 rings (SSSR count). The molecule has 0 amide bonds. The van der Waals surface area contributed by atoms with Gasteiger partial charge in [-0.2, -0.15) is 18.2 Å². The highest BCUT2D eigenvalue weighted by molar-refractivity contribution is 6.32. The normalized spacial score (nSPS) is 18.0. The van der Waals surface area contributed by atoms with E-state index < -0.39 is 46.4 Å². The lowest BCUT2D eigenvalue weighted by molar-refractivity contribution is -0.138. The molecule has 1 fully saturated rings. The second-order valence-corrected chi connectivity index (χ2v) is 8.33. The van der Waals surface area contributed by atoms with Crippen molar-refractivity contribution in [2.24, 2.45) is 21.5 Å². The Morgan fingerprint density at radius 3 is 2.15 bits per heavy atom. The van der Waals surface area contributed by atoms with Gasteiger partial charge in [-0.15, -0.1) is 0 Å². The fourth-order valence-corrected chi connectivity index (χ4v) is 4.36. The third kappa shape index (κ3) is 4.33. The largest absolute Gasteiger partial charge is 0.450 e. The van der Waals surface area contributed by atoms with Crippen LogP contribution in [0.1, 0.15) is 37.7 Å². The van der Waals surface area contributed by atoms with Crippen molar-refractivity contribution in [3.63, 3.8) is 0 Å². The lowest BCUT2D eigenvalue weighted by Crippen LogP contribution is -2.58. The number of anilines is 1. The molecule has 2 aliphatic rings. The maximum atomic E-state index is 15.1. The lowest BCUT2D eigenvalue weighted by atomic mass is 9.87. The van der Waals surface area contributed by atoms with E-state index in [9.17, 15) is 22.0 Å². The number of guanidine groups is 2. The first-order valence-electron chi connectivity index (χ1n) is 10.1. The minimum absolute atomic E-state index is 0.0737. The Balaban J connectivity index is 1.78. The average molecular weight is 506 g/mol. The van der Waals surface area contributed by atoms with Crippen molar-refractivity contribution in [3.05, 3.63) is 52.3 Å². The van der Waals surface area contributed by atoms with Gasteiger partial charge >= 0.3 is 6.18 Å². The SMILES string of the molecule is NC1=NC2(CCCCC2)N(c2cc(Oc3c(F)cc(C(F)(F)F)cc3F)c(Cl)cc2F)C(N)=N1. The van der Waals surface area contributed by atoms with E-state index in [1.807, 2.05) is 0 Å². The van der Waals surface area contributed by atoms with Gasteiger partial charge in [0.15, 0.2) is 17.4 Å². The fourth-order valence-electron chi connectivity index (χ4n) is 4.17. The predicted octanol–water partition coefficient (Wildman–Crippen LogP) is 5.68. The monoisotopic (exact) mass is 505 g/mol. The molecule has 1 aliphatic carbocycles. The fraction of sp³-hybridized carbons (Fsp3) is 0.333. The Morgan fingerprint density at radius 1 is 0.941 bits per heavy atom. The Labute approximate surface area is 194 Å². The highest BCUT2D eigenvalue weighted by atomic mass is 35.5. The number of nitrogens with two attached hydrogens (primary N) is 2. The molecule has 0 saturated heterocycles. The number of ether oxygens (including phenoxy) is 1. The molecule has 0 radical (unpaired) electrons. The Morgan fingerprint density at radius 2 is 1.56 bits per heavy atom. The van der Waals surface area contributed by atoms with Crippen molar-refractivity contribution >= 4 is 29.2 Å². The molecule has 13 heteroatoms. The van der Waals surface area contributed by atoms with Gasteiger partial charge in [0.1, 0.15) is 17.2 Å². The number of aliphatic imine (C=N–C) groups is 2. The highest BCUT2D eigenvalue weighted by Gasteiger charge is 2.44. The van der Waals surface area contributed by atoms with Crippen molar-refractivity contribution in [2.75, 3.05) is 4.90 Å². The third-order valence-electron chi connectivity index (χ3n) is 5.63.